The summed E-state index contributed by atoms with van der Waals surface area (Å²) in [5.41, 5.74) is 5.65. The van der Waals surface area contributed by atoms with Crippen molar-refractivity contribution >= 4 is 33.2 Å². The molecular weight excluding hydrogens is 202 g/mol. The molecule has 2 rings (SSSR count). The van der Waals surface area contributed by atoms with Crippen LogP contribution in [0.15, 0.2) is 6.20 Å². The third-order valence-electron chi connectivity index (χ3n) is 2.12. The summed E-state index contributed by atoms with van der Waals surface area (Å²) in [5.74, 6) is 2.39. The van der Waals surface area contributed by atoms with Crippen molar-refractivity contribution in [2.24, 2.45) is 0 Å². The molecule has 0 bridgehead atoms. The highest BCUT2D eigenvalue weighted by Crippen LogP contribution is 2.28. The fourth-order valence-corrected chi connectivity index (χ4v) is 3.24. The van der Waals surface area contributed by atoms with Crippen LogP contribution in [0.25, 0.3) is 0 Å². The van der Waals surface area contributed by atoms with Gasteiger partial charge in [-0.2, -0.15) is 11.8 Å². The molecule has 1 atom stereocenters. The van der Waals surface area contributed by atoms with E-state index >= 15 is 0 Å². The second-order valence-corrected chi connectivity index (χ2v) is 5.35. The highest BCUT2D eigenvalue weighted by molar-refractivity contribution is 7.99. The SMILES string of the molecule is CC1CSCCN1c1ncc(N)s1. The molecule has 13 heavy (non-hydrogen) atoms. The van der Waals surface area contributed by atoms with Crippen LogP contribution in [0.4, 0.5) is 10.1 Å². The molecule has 1 aromatic heterocycles. The zero-order valence-electron chi connectivity index (χ0n) is 7.56. The summed E-state index contributed by atoms with van der Waals surface area (Å²) in [6.45, 7) is 3.34. The highest BCUT2D eigenvalue weighted by atomic mass is 32.2. The molecule has 1 unspecified atom stereocenters. The van der Waals surface area contributed by atoms with Gasteiger partial charge >= 0.3 is 0 Å². The molecule has 0 radical (unpaired) electrons. The first-order chi connectivity index (χ1) is 6.27. The Bertz CT molecular complexity index is 287. The molecule has 0 saturated carbocycles. The van der Waals surface area contributed by atoms with Crippen LogP contribution >= 0.6 is 23.1 Å². The first-order valence-electron chi connectivity index (χ1n) is 4.33. The van der Waals surface area contributed by atoms with E-state index in [1.807, 2.05) is 11.8 Å². The van der Waals surface area contributed by atoms with Crippen LogP contribution in [0.2, 0.25) is 0 Å². The summed E-state index contributed by atoms with van der Waals surface area (Å²) in [6, 6.07) is 0.587. The molecular formula is C8H13N3S2. The van der Waals surface area contributed by atoms with E-state index in [4.69, 9.17) is 5.73 Å². The number of aromatic nitrogens is 1. The molecule has 0 amide bonds. The van der Waals surface area contributed by atoms with Gasteiger partial charge in [-0.25, -0.2) is 4.98 Å². The van der Waals surface area contributed by atoms with Gasteiger partial charge in [-0.3, -0.25) is 0 Å². The monoisotopic (exact) mass is 215 g/mol. The quantitative estimate of drug-likeness (QED) is 0.774. The summed E-state index contributed by atoms with van der Waals surface area (Å²) in [4.78, 5) is 6.64. The molecule has 2 N–H and O–H groups in total. The van der Waals surface area contributed by atoms with Crippen LogP contribution in [-0.4, -0.2) is 29.1 Å². The summed E-state index contributed by atoms with van der Waals surface area (Å²) in [5, 5.41) is 1.88. The average Bonchev–Trinajstić information content (AvgIpc) is 2.53. The third-order valence-corrected chi connectivity index (χ3v) is 4.18. The zero-order valence-corrected chi connectivity index (χ0v) is 9.20. The first-order valence-corrected chi connectivity index (χ1v) is 6.30. The summed E-state index contributed by atoms with van der Waals surface area (Å²) in [7, 11) is 0. The molecule has 1 fully saturated rings. The first kappa shape index (κ1) is 9.15. The van der Waals surface area contributed by atoms with Crippen LogP contribution in [0, 0.1) is 0 Å². The molecule has 0 spiro atoms. The Morgan fingerprint density at radius 1 is 1.69 bits per heavy atom. The fraction of sp³-hybridized carbons (Fsp3) is 0.625. The predicted molar refractivity (Wildman–Crippen MR) is 60.7 cm³/mol. The van der Waals surface area contributed by atoms with E-state index in [0.29, 0.717) is 6.04 Å². The summed E-state index contributed by atoms with van der Waals surface area (Å²) < 4.78 is 0. The number of rotatable bonds is 1. The largest absolute Gasteiger partial charge is 0.389 e. The van der Waals surface area contributed by atoms with E-state index in [-0.39, 0.29) is 0 Å². The Labute approximate surface area is 86.3 Å². The molecule has 1 aromatic rings. The lowest BCUT2D eigenvalue weighted by Crippen LogP contribution is -2.40. The Hall–Kier alpha value is -0.420. The predicted octanol–water partition coefficient (Wildman–Crippen LogP) is 1.67. The lowest BCUT2D eigenvalue weighted by molar-refractivity contribution is 0.697. The number of anilines is 2. The third kappa shape index (κ3) is 1.91. The van der Waals surface area contributed by atoms with Crippen molar-refractivity contribution in [3.8, 4) is 0 Å². The van der Waals surface area contributed by atoms with Gasteiger partial charge in [0, 0.05) is 24.1 Å². The fourth-order valence-electron chi connectivity index (χ4n) is 1.42. The van der Waals surface area contributed by atoms with E-state index in [0.717, 1.165) is 16.7 Å². The Kier molecular flexibility index (Phi) is 2.64. The van der Waals surface area contributed by atoms with Crippen LogP contribution in [0.5, 0.6) is 0 Å². The van der Waals surface area contributed by atoms with Crippen molar-refractivity contribution in [1.29, 1.82) is 0 Å². The van der Waals surface area contributed by atoms with E-state index in [1.54, 1.807) is 17.5 Å². The van der Waals surface area contributed by atoms with Gasteiger partial charge in [-0.15, -0.1) is 0 Å². The topological polar surface area (TPSA) is 42.2 Å². The normalized spacial score (nSPS) is 23.5. The minimum absolute atomic E-state index is 0.587. The molecule has 0 aliphatic carbocycles. The van der Waals surface area contributed by atoms with Gasteiger partial charge in [0.1, 0.15) is 5.00 Å². The molecule has 2 heterocycles. The summed E-state index contributed by atoms with van der Waals surface area (Å²) >= 11 is 3.59. The lowest BCUT2D eigenvalue weighted by Gasteiger charge is -2.32. The van der Waals surface area contributed by atoms with Crippen molar-refractivity contribution in [3.05, 3.63) is 6.20 Å². The maximum absolute atomic E-state index is 5.65. The number of thioether (sulfide) groups is 1. The smallest absolute Gasteiger partial charge is 0.187 e. The number of thiazole rings is 1. The maximum atomic E-state index is 5.65. The van der Waals surface area contributed by atoms with Gasteiger partial charge in [0.25, 0.3) is 0 Å². The van der Waals surface area contributed by atoms with Crippen molar-refractivity contribution in [1.82, 2.24) is 4.98 Å². The van der Waals surface area contributed by atoms with E-state index in [1.165, 1.54) is 11.5 Å². The van der Waals surface area contributed by atoms with Crippen LogP contribution in [-0.2, 0) is 0 Å². The Balaban J connectivity index is 2.14. The van der Waals surface area contributed by atoms with Gasteiger partial charge in [0.15, 0.2) is 5.13 Å². The highest BCUT2D eigenvalue weighted by Gasteiger charge is 2.20. The molecule has 0 aromatic carbocycles. The molecule has 5 heteroatoms. The van der Waals surface area contributed by atoms with Crippen molar-refractivity contribution in [2.75, 3.05) is 28.7 Å². The molecule has 72 valence electrons. The van der Waals surface area contributed by atoms with Crippen molar-refractivity contribution < 1.29 is 0 Å². The second-order valence-electron chi connectivity index (χ2n) is 3.16. The zero-order chi connectivity index (χ0) is 9.26. The van der Waals surface area contributed by atoms with Gasteiger partial charge in [0.2, 0.25) is 0 Å². The van der Waals surface area contributed by atoms with Gasteiger partial charge < -0.3 is 10.6 Å². The maximum Gasteiger partial charge on any atom is 0.187 e. The Morgan fingerprint density at radius 2 is 2.54 bits per heavy atom. The number of hydrogen-bond acceptors (Lipinski definition) is 5. The van der Waals surface area contributed by atoms with E-state index < -0.39 is 0 Å². The minimum atomic E-state index is 0.587. The van der Waals surface area contributed by atoms with Crippen molar-refractivity contribution in [2.45, 2.75) is 13.0 Å². The number of nitrogens with two attached hydrogens (primary N) is 1. The molecule has 1 aliphatic heterocycles. The van der Waals surface area contributed by atoms with Gasteiger partial charge in [-0.05, 0) is 6.92 Å². The molecule has 3 nitrogen and oxygen atoms in total. The Morgan fingerprint density at radius 3 is 3.15 bits per heavy atom. The van der Waals surface area contributed by atoms with Crippen molar-refractivity contribution in [3.63, 3.8) is 0 Å². The molecule has 1 saturated heterocycles. The number of nitrogens with zero attached hydrogens (tertiary/aromatic N) is 2. The molecule has 1 aliphatic rings. The van der Waals surface area contributed by atoms with Gasteiger partial charge in [-0.1, -0.05) is 11.3 Å². The minimum Gasteiger partial charge on any atom is -0.389 e. The van der Waals surface area contributed by atoms with E-state index in [2.05, 4.69) is 16.8 Å². The van der Waals surface area contributed by atoms with E-state index in [9.17, 15) is 0 Å². The lowest BCUT2D eigenvalue weighted by atomic mass is 10.3. The number of nitrogen functional groups attached to an aromatic ring is 1. The standard InChI is InChI=1S/C8H13N3S2/c1-6-5-12-3-2-11(6)8-10-4-7(9)13-8/h4,6H,2-3,5,9H2,1H3. The van der Waals surface area contributed by atoms with Crippen LogP contribution in [0.3, 0.4) is 0 Å². The second kappa shape index (κ2) is 3.75. The number of hydrogen-bond donors (Lipinski definition) is 1. The van der Waals surface area contributed by atoms with Crippen LogP contribution < -0.4 is 10.6 Å². The summed E-state index contributed by atoms with van der Waals surface area (Å²) in [6.07, 6.45) is 1.74. The van der Waals surface area contributed by atoms with Gasteiger partial charge in [0.05, 0.1) is 6.20 Å². The average molecular weight is 215 g/mol. The van der Waals surface area contributed by atoms with Crippen LogP contribution in [0.1, 0.15) is 6.92 Å².